The van der Waals surface area contributed by atoms with E-state index < -0.39 is 6.17 Å². The second-order valence-electron chi connectivity index (χ2n) is 5.04. The van der Waals surface area contributed by atoms with Gasteiger partial charge in [-0.05, 0) is 25.7 Å². The van der Waals surface area contributed by atoms with Crippen molar-refractivity contribution < 1.29 is 4.74 Å². The van der Waals surface area contributed by atoms with Gasteiger partial charge in [-0.3, -0.25) is 4.99 Å². The van der Waals surface area contributed by atoms with Gasteiger partial charge in [-0.1, -0.05) is 13.8 Å². The van der Waals surface area contributed by atoms with E-state index in [0.717, 1.165) is 29.8 Å². The van der Waals surface area contributed by atoms with Crippen molar-refractivity contribution in [2.24, 2.45) is 16.5 Å². The predicted octanol–water partition coefficient (Wildman–Crippen LogP) is 1.10. The molecule has 0 saturated carbocycles. The number of hydrogen-bond donors (Lipinski definition) is 3. The SMILES string of the molecule is CC.CN(C)CC1Cc2cc(C(N)/N=C\N)c(N)cc2O1. The summed E-state index contributed by atoms with van der Waals surface area (Å²) in [6.45, 7) is 4.87. The van der Waals surface area contributed by atoms with E-state index in [0.29, 0.717) is 5.69 Å². The van der Waals surface area contributed by atoms with Crippen LogP contribution in [0.1, 0.15) is 31.1 Å². The Kier molecular flexibility index (Phi) is 6.45. The number of benzene rings is 1. The smallest absolute Gasteiger partial charge is 0.126 e. The standard InChI is InChI=1S/C13H21N5O.C2H6/c1-18(2)6-9-3-8-4-10(13(16)17-7-14)11(15)5-12(8)19-9;1-2/h4-5,7,9,13H,3,6,15-16H2,1-2H3,(H2,14,17);1-2H3. The summed E-state index contributed by atoms with van der Waals surface area (Å²) in [7, 11) is 4.05. The lowest BCUT2D eigenvalue weighted by Crippen LogP contribution is -2.29. The lowest BCUT2D eigenvalue weighted by Gasteiger charge is -2.15. The molecule has 1 aromatic rings. The van der Waals surface area contributed by atoms with Gasteiger partial charge in [-0.15, -0.1) is 0 Å². The molecule has 1 heterocycles. The van der Waals surface area contributed by atoms with E-state index in [4.69, 9.17) is 21.9 Å². The Balaban J connectivity index is 0.00000106. The maximum absolute atomic E-state index is 5.99. The number of fused-ring (bicyclic) bond motifs is 1. The van der Waals surface area contributed by atoms with Gasteiger partial charge in [0.2, 0.25) is 0 Å². The van der Waals surface area contributed by atoms with E-state index in [1.165, 1.54) is 6.34 Å². The molecule has 2 unspecified atom stereocenters. The molecule has 0 amide bonds. The first kappa shape index (κ1) is 17.3. The molecule has 0 aromatic heterocycles. The van der Waals surface area contributed by atoms with Crippen molar-refractivity contribution in [2.45, 2.75) is 32.5 Å². The van der Waals surface area contributed by atoms with Crippen LogP contribution in [0.15, 0.2) is 17.1 Å². The van der Waals surface area contributed by atoms with E-state index in [1.807, 2.05) is 40.1 Å². The molecule has 0 fully saturated rings. The van der Waals surface area contributed by atoms with Crippen molar-refractivity contribution >= 4 is 12.0 Å². The molecule has 0 aliphatic carbocycles. The lowest BCUT2D eigenvalue weighted by atomic mass is 10.0. The van der Waals surface area contributed by atoms with Gasteiger partial charge in [0.15, 0.2) is 0 Å². The van der Waals surface area contributed by atoms with E-state index in [-0.39, 0.29) is 6.10 Å². The summed E-state index contributed by atoms with van der Waals surface area (Å²) < 4.78 is 5.87. The third-order valence-corrected chi connectivity index (χ3v) is 3.14. The highest BCUT2D eigenvalue weighted by molar-refractivity contribution is 5.59. The fourth-order valence-corrected chi connectivity index (χ4v) is 2.33. The second kappa shape index (κ2) is 7.85. The van der Waals surface area contributed by atoms with E-state index in [9.17, 15) is 0 Å². The van der Waals surface area contributed by atoms with Crippen LogP contribution in [0.2, 0.25) is 0 Å². The van der Waals surface area contributed by atoms with Crippen molar-refractivity contribution in [2.75, 3.05) is 26.4 Å². The molecule has 118 valence electrons. The van der Waals surface area contributed by atoms with Crippen molar-refractivity contribution in [3.05, 3.63) is 23.3 Å². The first-order chi connectivity index (χ1) is 10.0. The van der Waals surface area contributed by atoms with Crippen LogP contribution in [-0.2, 0) is 6.42 Å². The fourth-order valence-electron chi connectivity index (χ4n) is 2.33. The molecule has 1 aliphatic rings. The van der Waals surface area contributed by atoms with Gasteiger partial charge < -0.3 is 26.8 Å². The summed E-state index contributed by atoms with van der Waals surface area (Å²) in [6, 6.07) is 3.80. The van der Waals surface area contributed by atoms with Crippen molar-refractivity contribution in [3.8, 4) is 5.75 Å². The number of hydrogen-bond acceptors (Lipinski definition) is 5. The van der Waals surface area contributed by atoms with Crippen LogP contribution in [0.3, 0.4) is 0 Å². The molecule has 6 nitrogen and oxygen atoms in total. The van der Waals surface area contributed by atoms with Gasteiger partial charge in [-0.25, -0.2) is 0 Å². The lowest BCUT2D eigenvalue weighted by molar-refractivity contribution is 0.184. The van der Waals surface area contributed by atoms with Gasteiger partial charge >= 0.3 is 0 Å². The third kappa shape index (κ3) is 4.34. The Morgan fingerprint density at radius 1 is 1.43 bits per heavy atom. The quantitative estimate of drug-likeness (QED) is 0.438. The molecular weight excluding hydrogens is 266 g/mol. The Labute approximate surface area is 127 Å². The zero-order chi connectivity index (χ0) is 16.0. The highest BCUT2D eigenvalue weighted by Gasteiger charge is 2.25. The zero-order valence-corrected chi connectivity index (χ0v) is 13.3. The van der Waals surface area contributed by atoms with Gasteiger partial charge in [0.1, 0.15) is 18.0 Å². The number of nitrogens with two attached hydrogens (primary N) is 3. The molecular formula is C15H27N5O. The van der Waals surface area contributed by atoms with Crippen LogP contribution in [0, 0.1) is 0 Å². The van der Waals surface area contributed by atoms with Crippen LogP contribution in [-0.4, -0.2) is 38.0 Å². The Morgan fingerprint density at radius 2 is 2.10 bits per heavy atom. The maximum Gasteiger partial charge on any atom is 0.126 e. The first-order valence-corrected chi connectivity index (χ1v) is 7.24. The van der Waals surface area contributed by atoms with Gasteiger partial charge in [-0.2, -0.15) is 0 Å². The molecule has 2 rings (SSSR count). The Hall–Kier alpha value is -1.79. The molecule has 0 radical (unpaired) electrons. The number of anilines is 1. The van der Waals surface area contributed by atoms with Crippen molar-refractivity contribution in [3.63, 3.8) is 0 Å². The normalized spacial score (nSPS) is 18.1. The number of nitrogen functional groups attached to an aromatic ring is 1. The predicted molar refractivity (Wildman–Crippen MR) is 88.5 cm³/mol. The third-order valence-electron chi connectivity index (χ3n) is 3.14. The zero-order valence-electron chi connectivity index (χ0n) is 13.3. The van der Waals surface area contributed by atoms with Crippen LogP contribution in [0.5, 0.6) is 5.75 Å². The molecule has 0 bridgehead atoms. The second-order valence-corrected chi connectivity index (χ2v) is 5.04. The van der Waals surface area contributed by atoms with Crippen LogP contribution in [0.4, 0.5) is 5.69 Å². The maximum atomic E-state index is 5.99. The minimum atomic E-state index is -0.525. The number of nitrogens with zero attached hydrogens (tertiary/aromatic N) is 2. The molecule has 6 N–H and O–H groups in total. The molecule has 0 saturated heterocycles. The average Bonchev–Trinajstić information content (AvgIpc) is 2.80. The van der Waals surface area contributed by atoms with Crippen LogP contribution >= 0.6 is 0 Å². The molecule has 2 atom stereocenters. The summed E-state index contributed by atoms with van der Waals surface area (Å²) in [5.74, 6) is 0.844. The number of likely N-dealkylation sites (N-methyl/N-ethyl adjacent to an activating group) is 1. The van der Waals surface area contributed by atoms with E-state index in [2.05, 4.69) is 9.89 Å². The van der Waals surface area contributed by atoms with Gasteiger partial charge in [0.25, 0.3) is 0 Å². The van der Waals surface area contributed by atoms with E-state index >= 15 is 0 Å². The summed E-state index contributed by atoms with van der Waals surface area (Å²) in [5.41, 5.74) is 19.7. The monoisotopic (exact) mass is 293 g/mol. The average molecular weight is 293 g/mol. The van der Waals surface area contributed by atoms with Gasteiger partial charge in [0.05, 0.1) is 6.34 Å². The Morgan fingerprint density at radius 3 is 2.67 bits per heavy atom. The summed E-state index contributed by atoms with van der Waals surface area (Å²) in [5, 5.41) is 0. The highest BCUT2D eigenvalue weighted by atomic mass is 16.5. The molecule has 6 heteroatoms. The number of aliphatic imine (C=N–C) groups is 1. The first-order valence-electron chi connectivity index (χ1n) is 7.24. The number of ether oxygens (including phenoxy) is 1. The minimum Gasteiger partial charge on any atom is -0.488 e. The summed E-state index contributed by atoms with van der Waals surface area (Å²) in [4.78, 5) is 6.05. The summed E-state index contributed by atoms with van der Waals surface area (Å²) >= 11 is 0. The van der Waals surface area contributed by atoms with Gasteiger partial charge in [0, 0.05) is 30.3 Å². The minimum absolute atomic E-state index is 0.161. The largest absolute Gasteiger partial charge is 0.488 e. The number of rotatable bonds is 4. The topological polar surface area (TPSA) is 103 Å². The summed E-state index contributed by atoms with van der Waals surface area (Å²) in [6.07, 6.45) is 1.69. The molecule has 0 spiro atoms. The molecule has 21 heavy (non-hydrogen) atoms. The van der Waals surface area contributed by atoms with E-state index in [1.54, 1.807) is 0 Å². The molecule has 1 aromatic carbocycles. The van der Waals surface area contributed by atoms with Crippen molar-refractivity contribution in [1.29, 1.82) is 0 Å². The fraction of sp³-hybridized carbons (Fsp3) is 0.533. The van der Waals surface area contributed by atoms with Crippen LogP contribution < -0.4 is 21.9 Å². The van der Waals surface area contributed by atoms with Crippen LogP contribution in [0.25, 0.3) is 0 Å². The Bertz CT molecular complexity index is 487. The van der Waals surface area contributed by atoms with Crippen molar-refractivity contribution in [1.82, 2.24) is 4.90 Å². The molecule has 1 aliphatic heterocycles. The highest BCUT2D eigenvalue weighted by Crippen LogP contribution is 2.35.